The predicted octanol–water partition coefficient (Wildman–Crippen LogP) is 1.04. The highest BCUT2D eigenvalue weighted by Gasteiger charge is 2.45. The summed E-state index contributed by atoms with van der Waals surface area (Å²) >= 11 is 0. The Morgan fingerprint density at radius 3 is 2.56 bits per heavy atom. The Morgan fingerprint density at radius 1 is 1.28 bits per heavy atom. The number of hydrogen-bond acceptors (Lipinski definition) is 3. The van der Waals surface area contributed by atoms with Crippen LogP contribution in [-0.2, 0) is 4.79 Å². The molecule has 1 saturated carbocycles. The lowest BCUT2D eigenvalue weighted by atomic mass is 9.85. The molecule has 3 N–H and O–H groups in total. The third-order valence-electron chi connectivity index (χ3n) is 4.99. The van der Waals surface area contributed by atoms with Crippen molar-refractivity contribution in [2.75, 3.05) is 6.54 Å². The van der Waals surface area contributed by atoms with Gasteiger partial charge in [-0.05, 0) is 58.9 Å². The maximum Gasteiger partial charge on any atom is 0.237 e. The second-order valence-electron chi connectivity index (χ2n) is 6.91. The monoisotopic (exact) mass is 254 g/mol. The lowest BCUT2D eigenvalue weighted by molar-refractivity contribution is -0.128. The molecule has 2 fully saturated rings. The van der Waals surface area contributed by atoms with Gasteiger partial charge in [0.1, 0.15) is 0 Å². The zero-order valence-corrected chi connectivity index (χ0v) is 11.9. The van der Waals surface area contributed by atoms with Crippen LogP contribution < -0.4 is 10.6 Å². The third-order valence-corrected chi connectivity index (χ3v) is 4.99. The van der Waals surface area contributed by atoms with Gasteiger partial charge in [0.15, 0.2) is 0 Å². The molecule has 1 heterocycles. The molecule has 18 heavy (non-hydrogen) atoms. The molecular formula is C14H26N2O2. The number of nitrogens with one attached hydrogen (secondary N) is 2. The number of aliphatic hydroxyl groups is 1. The van der Waals surface area contributed by atoms with E-state index in [0.717, 1.165) is 13.0 Å². The van der Waals surface area contributed by atoms with Crippen molar-refractivity contribution in [3.05, 3.63) is 0 Å². The van der Waals surface area contributed by atoms with E-state index in [0.29, 0.717) is 11.8 Å². The number of amides is 1. The Labute approximate surface area is 110 Å². The van der Waals surface area contributed by atoms with Crippen molar-refractivity contribution in [2.45, 2.75) is 64.1 Å². The Morgan fingerprint density at radius 2 is 1.94 bits per heavy atom. The van der Waals surface area contributed by atoms with Crippen LogP contribution in [0, 0.1) is 11.8 Å². The molecule has 1 amide bonds. The lowest BCUT2D eigenvalue weighted by Gasteiger charge is -2.39. The van der Waals surface area contributed by atoms with Gasteiger partial charge in [0, 0.05) is 0 Å². The van der Waals surface area contributed by atoms with E-state index < -0.39 is 11.1 Å². The van der Waals surface area contributed by atoms with Crippen molar-refractivity contribution < 1.29 is 9.90 Å². The van der Waals surface area contributed by atoms with Gasteiger partial charge in [0.25, 0.3) is 0 Å². The summed E-state index contributed by atoms with van der Waals surface area (Å²) in [7, 11) is 0. The fraction of sp³-hybridized carbons (Fsp3) is 0.929. The summed E-state index contributed by atoms with van der Waals surface area (Å²) < 4.78 is 0. The SMILES string of the molecule is CC(C)(O)C(C)(C)NC(=O)C1NCC2CCCC21. The first-order chi connectivity index (χ1) is 8.22. The van der Waals surface area contributed by atoms with Gasteiger partial charge in [-0.15, -0.1) is 0 Å². The zero-order chi connectivity index (χ0) is 13.6. The second kappa shape index (κ2) is 4.49. The minimum atomic E-state index is -0.934. The van der Waals surface area contributed by atoms with Crippen molar-refractivity contribution >= 4 is 5.91 Å². The molecule has 104 valence electrons. The lowest BCUT2D eigenvalue weighted by Crippen LogP contribution is -2.61. The van der Waals surface area contributed by atoms with Gasteiger partial charge < -0.3 is 15.7 Å². The number of fused-ring (bicyclic) bond motifs is 1. The van der Waals surface area contributed by atoms with Crippen molar-refractivity contribution in [1.82, 2.24) is 10.6 Å². The first-order valence-electron chi connectivity index (χ1n) is 7.00. The second-order valence-corrected chi connectivity index (χ2v) is 6.91. The average Bonchev–Trinajstić information content (AvgIpc) is 2.73. The molecule has 0 aromatic heterocycles. The molecule has 0 spiro atoms. The van der Waals surface area contributed by atoms with Crippen LogP contribution in [0.25, 0.3) is 0 Å². The van der Waals surface area contributed by atoms with Crippen molar-refractivity contribution in [1.29, 1.82) is 0 Å². The zero-order valence-electron chi connectivity index (χ0n) is 11.9. The van der Waals surface area contributed by atoms with Crippen molar-refractivity contribution in [2.24, 2.45) is 11.8 Å². The smallest absolute Gasteiger partial charge is 0.237 e. The predicted molar refractivity (Wildman–Crippen MR) is 71.1 cm³/mol. The summed E-state index contributed by atoms with van der Waals surface area (Å²) in [4.78, 5) is 12.4. The van der Waals surface area contributed by atoms with Gasteiger partial charge >= 0.3 is 0 Å². The van der Waals surface area contributed by atoms with Gasteiger partial charge in [0.2, 0.25) is 5.91 Å². The molecule has 2 aliphatic rings. The molecule has 0 radical (unpaired) electrons. The summed E-state index contributed by atoms with van der Waals surface area (Å²) in [5.41, 5.74) is -1.56. The maximum absolute atomic E-state index is 12.4. The summed E-state index contributed by atoms with van der Waals surface area (Å²) in [5.74, 6) is 1.20. The third kappa shape index (κ3) is 2.41. The molecular weight excluding hydrogens is 228 g/mol. The van der Waals surface area contributed by atoms with Gasteiger partial charge in [-0.3, -0.25) is 4.79 Å². The number of carbonyl (C=O) groups excluding carboxylic acids is 1. The van der Waals surface area contributed by atoms with Crippen molar-refractivity contribution in [3.8, 4) is 0 Å². The molecule has 1 aliphatic heterocycles. The molecule has 1 aliphatic carbocycles. The van der Waals surface area contributed by atoms with E-state index in [9.17, 15) is 9.90 Å². The highest BCUT2D eigenvalue weighted by atomic mass is 16.3. The van der Waals surface area contributed by atoms with Gasteiger partial charge in [0.05, 0.1) is 17.2 Å². The Hall–Kier alpha value is -0.610. The highest BCUT2D eigenvalue weighted by molar-refractivity contribution is 5.83. The van der Waals surface area contributed by atoms with Gasteiger partial charge in [-0.2, -0.15) is 0 Å². The van der Waals surface area contributed by atoms with Gasteiger partial charge in [-0.25, -0.2) is 0 Å². The van der Waals surface area contributed by atoms with E-state index in [1.54, 1.807) is 13.8 Å². The van der Waals surface area contributed by atoms with E-state index in [1.807, 2.05) is 13.8 Å². The molecule has 3 unspecified atom stereocenters. The minimum absolute atomic E-state index is 0.0384. The number of rotatable bonds is 3. The maximum atomic E-state index is 12.4. The summed E-state index contributed by atoms with van der Waals surface area (Å²) in [6, 6.07) is -0.0703. The molecule has 0 bridgehead atoms. The Kier molecular flexibility index (Phi) is 3.45. The summed E-state index contributed by atoms with van der Waals surface area (Å²) in [6.45, 7) is 8.16. The molecule has 0 aromatic carbocycles. The van der Waals surface area contributed by atoms with Crippen LogP contribution in [0.5, 0.6) is 0 Å². The van der Waals surface area contributed by atoms with E-state index >= 15 is 0 Å². The van der Waals surface area contributed by atoms with Crippen LogP contribution in [0.3, 0.4) is 0 Å². The average molecular weight is 254 g/mol. The molecule has 4 heteroatoms. The molecule has 4 nitrogen and oxygen atoms in total. The molecule has 0 aromatic rings. The van der Waals surface area contributed by atoms with Crippen LogP contribution in [0.1, 0.15) is 47.0 Å². The largest absolute Gasteiger partial charge is 0.388 e. The van der Waals surface area contributed by atoms with E-state index in [4.69, 9.17) is 0 Å². The fourth-order valence-electron chi connectivity index (χ4n) is 3.01. The molecule has 3 atom stereocenters. The van der Waals surface area contributed by atoms with Crippen LogP contribution in [0.4, 0.5) is 0 Å². The fourth-order valence-corrected chi connectivity index (χ4v) is 3.01. The standard InChI is InChI=1S/C14H26N2O2/c1-13(2,14(3,4)18)16-12(17)11-10-7-5-6-9(10)8-15-11/h9-11,15,18H,5-8H2,1-4H3,(H,16,17). The highest BCUT2D eigenvalue weighted by Crippen LogP contribution is 2.38. The first kappa shape index (κ1) is 13.8. The minimum Gasteiger partial charge on any atom is -0.388 e. The van der Waals surface area contributed by atoms with Crippen molar-refractivity contribution in [3.63, 3.8) is 0 Å². The van der Waals surface area contributed by atoms with Crippen LogP contribution in [-0.4, -0.2) is 34.7 Å². The topological polar surface area (TPSA) is 61.4 Å². The number of hydrogen-bond donors (Lipinski definition) is 3. The van der Waals surface area contributed by atoms with Gasteiger partial charge in [-0.1, -0.05) is 6.42 Å². The summed E-state index contributed by atoms with van der Waals surface area (Å²) in [5, 5.41) is 16.4. The Balaban J connectivity index is 2.00. The first-order valence-corrected chi connectivity index (χ1v) is 7.00. The number of carbonyl (C=O) groups is 1. The normalized spacial score (nSPS) is 32.4. The molecule has 2 rings (SSSR count). The molecule has 1 saturated heterocycles. The van der Waals surface area contributed by atoms with E-state index in [-0.39, 0.29) is 11.9 Å². The van der Waals surface area contributed by atoms with E-state index in [2.05, 4.69) is 10.6 Å². The van der Waals surface area contributed by atoms with Crippen LogP contribution in [0.2, 0.25) is 0 Å². The van der Waals surface area contributed by atoms with Crippen LogP contribution in [0.15, 0.2) is 0 Å². The Bertz CT molecular complexity index is 333. The summed E-state index contributed by atoms with van der Waals surface area (Å²) in [6.07, 6.45) is 3.64. The van der Waals surface area contributed by atoms with Crippen LogP contribution >= 0.6 is 0 Å². The quantitative estimate of drug-likeness (QED) is 0.705. The van der Waals surface area contributed by atoms with E-state index in [1.165, 1.54) is 12.8 Å².